The zero-order valence-corrected chi connectivity index (χ0v) is 16.9. The highest BCUT2D eigenvalue weighted by Crippen LogP contribution is 2.18. The highest BCUT2D eigenvalue weighted by atomic mass is 16.4. The molecule has 0 fully saturated rings. The Morgan fingerprint density at radius 2 is 1.72 bits per heavy atom. The summed E-state index contributed by atoms with van der Waals surface area (Å²) in [7, 11) is 0. The van der Waals surface area contributed by atoms with E-state index < -0.39 is 5.97 Å². The molecular weight excluding hydrogens is 370 g/mol. The van der Waals surface area contributed by atoms with E-state index in [0.29, 0.717) is 17.2 Å². The Bertz CT molecular complexity index is 1070. The van der Waals surface area contributed by atoms with Crippen molar-refractivity contribution in [3.63, 3.8) is 0 Å². The number of benzene rings is 1. The zero-order chi connectivity index (χ0) is 21.1. The standard InChI is InChI=1S/C21H23N5O3/c1-12-8-13(2)23-21(22-12)26-15(4)18(14(3)25-26)11-19(27)24-17-7-5-6-16(9-17)10-20(28)29/h5-9H,10-11H2,1-4H3,(H,24,27)(H,28,29). The molecule has 0 aliphatic carbocycles. The van der Waals surface area contributed by atoms with E-state index in [2.05, 4.69) is 20.4 Å². The lowest BCUT2D eigenvalue weighted by atomic mass is 10.1. The molecular formula is C21H23N5O3. The van der Waals surface area contributed by atoms with Crippen LogP contribution < -0.4 is 5.32 Å². The first-order valence-corrected chi connectivity index (χ1v) is 9.21. The van der Waals surface area contributed by atoms with Gasteiger partial charge >= 0.3 is 5.97 Å². The van der Waals surface area contributed by atoms with Crippen molar-refractivity contribution in [1.82, 2.24) is 19.7 Å². The molecule has 0 radical (unpaired) electrons. The number of aromatic nitrogens is 4. The van der Waals surface area contributed by atoms with Crippen LogP contribution in [0.5, 0.6) is 0 Å². The summed E-state index contributed by atoms with van der Waals surface area (Å²) in [5.41, 5.74) is 5.24. The average molecular weight is 393 g/mol. The van der Waals surface area contributed by atoms with Crippen LogP contribution in [-0.2, 0) is 22.4 Å². The number of anilines is 1. The third-order valence-electron chi connectivity index (χ3n) is 4.50. The van der Waals surface area contributed by atoms with Gasteiger partial charge in [0.05, 0.1) is 18.5 Å². The lowest BCUT2D eigenvalue weighted by Crippen LogP contribution is -2.16. The number of carboxylic acid groups (broad SMARTS) is 1. The lowest BCUT2D eigenvalue weighted by Gasteiger charge is -2.08. The average Bonchev–Trinajstić information content (AvgIpc) is 2.89. The molecule has 29 heavy (non-hydrogen) atoms. The van der Waals surface area contributed by atoms with Crippen LogP contribution in [0.25, 0.3) is 5.95 Å². The summed E-state index contributed by atoms with van der Waals surface area (Å²) in [5.74, 6) is -0.638. The Balaban J connectivity index is 1.79. The fraction of sp³-hybridized carbons (Fsp3) is 0.286. The van der Waals surface area contributed by atoms with Gasteiger partial charge in [-0.05, 0) is 51.5 Å². The van der Waals surface area contributed by atoms with Crippen molar-refractivity contribution >= 4 is 17.6 Å². The Kier molecular flexibility index (Phi) is 5.72. The molecule has 3 rings (SSSR count). The SMILES string of the molecule is Cc1cc(C)nc(-n2nc(C)c(CC(=O)Nc3cccc(CC(=O)O)c3)c2C)n1. The summed E-state index contributed by atoms with van der Waals surface area (Å²) in [6.45, 7) is 7.53. The van der Waals surface area contributed by atoms with Crippen molar-refractivity contribution in [2.45, 2.75) is 40.5 Å². The summed E-state index contributed by atoms with van der Waals surface area (Å²) < 4.78 is 1.66. The second-order valence-electron chi connectivity index (χ2n) is 7.01. The quantitative estimate of drug-likeness (QED) is 0.666. The highest BCUT2D eigenvalue weighted by Gasteiger charge is 2.18. The number of carbonyl (C=O) groups excluding carboxylic acids is 1. The molecule has 1 amide bonds. The van der Waals surface area contributed by atoms with Crippen LogP contribution in [0.1, 0.15) is 33.9 Å². The van der Waals surface area contributed by atoms with Crippen LogP contribution in [-0.4, -0.2) is 36.7 Å². The largest absolute Gasteiger partial charge is 0.481 e. The Morgan fingerprint density at radius 3 is 2.38 bits per heavy atom. The van der Waals surface area contributed by atoms with Gasteiger partial charge in [0.2, 0.25) is 5.91 Å². The smallest absolute Gasteiger partial charge is 0.307 e. The van der Waals surface area contributed by atoms with Crippen LogP contribution in [0.2, 0.25) is 0 Å². The van der Waals surface area contributed by atoms with Gasteiger partial charge in [-0.1, -0.05) is 12.1 Å². The number of nitrogens with one attached hydrogen (secondary N) is 1. The summed E-state index contributed by atoms with van der Waals surface area (Å²) in [6.07, 6.45) is 0.0518. The first kappa shape index (κ1) is 20.2. The van der Waals surface area contributed by atoms with Gasteiger partial charge < -0.3 is 10.4 Å². The van der Waals surface area contributed by atoms with Crippen molar-refractivity contribution in [1.29, 1.82) is 0 Å². The van der Waals surface area contributed by atoms with Gasteiger partial charge in [-0.25, -0.2) is 14.6 Å². The van der Waals surface area contributed by atoms with E-state index in [-0.39, 0.29) is 18.7 Å². The third-order valence-corrected chi connectivity index (χ3v) is 4.50. The van der Waals surface area contributed by atoms with E-state index in [4.69, 9.17) is 5.11 Å². The Hall–Kier alpha value is -3.55. The fourth-order valence-corrected chi connectivity index (χ4v) is 3.23. The van der Waals surface area contributed by atoms with Crippen molar-refractivity contribution < 1.29 is 14.7 Å². The first-order chi connectivity index (χ1) is 13.7. The monoisotopic (exact) mass is 393 g/mol. The molecule has 0 aliphatic rings. The maximum absolute atomic E-state index is 12.6. The molecule has 0 saturated heterocycles. The Morgan fingerprint density at radius 1 is 1.03 bits per heavy atom. The summed E-state index contributed by atoms with van der Waals surface area (Å²) in [4.78, 5) is 32.3. The number of aliphatic carboxylic acids is 1. The number of amides is 1. The maximum Gasteiger partial charge on any atom is 0.307 e. The topological polar surface area (TPSA) is 110 Å². The number of nitrogens with zero attached hydrogens (tertiary/aromatic N) is 4. The van der Waals surface area contributed by atoms with Crippen molar-refractivity contribution in [3.8, 4) is 5.95 Å². The molecule has 2 N–H and O–H groups in total. The van der Waals surface area contributed by atoms with Crippen molar-refractivity contribution in [2.24, 2.45) is 0 Å². The predicted molar refractivity (Wildman–Crippen MR) is 108 cm³/mol. The fourth-order valence-electron chi connectivity index (χ4n) is 3.23. The molecule has 0 spiro atoms. The van der Waals surface area contributed by atoms with Gasteiger partial charge in [-0.15, -0.1) is 0 Å². The van der Waals surface area contributed by atoms with Gasteiger partial charge in [-0.2, -0.15) is 5.10 Å². The predicted octanol–water partition coefficient (Wildman–Crippen LogP) is 2.70. The molecule has 8 heteroatoms. The molecule has 0 bridgehead atoms. The lowest BCUT2D eigenvalue weighted by molar-refractivity contribution is -0.136. The number of hydrogen-bond acceptors (Lipinski definition) is 5. The molecule has 0 unspecified atom stereocenters. The number of carboxylic acids is 1. The molecule has 0 aliphatic heterocycles. The summed E-state index contributed by atoms with van der Waals surface area (Å²) in [5, 5.41) is 16.3. The minimum absolute atomic E-state index is 0.0927. The van der Waals surface area contributed by atoms with E-state index in [1.165, 1.54) is 0 Å². The molecule has 0 atom stereocenters. The third kappa shape index (κ3) is 4.84. The molecule has 3 aromatic rings. The zero-order valence-electron chi connectivity index (χ0n) is 16.9. The normalized spacial score (nSPS) is 10.8. The van der Waals surface area contributed by atoms with Gasteiger partial charge in [0.1, 0.15) is 0 Å². The minimum atomic E-state index is -0.916. The summed E-state index contributed by atoms with van der Waals surface area (Å²) in [6, 6.07) is 8.72. The number of carbonyl (C=O) groups is 2. The second kappa shape index (κ2) is 8.22. The molecule has 150 valence electrons. The maximum atomic E-state index is 12.6. The van der Waals surface area contributed by atoms with E-state index >= 15 is 0 Å². The van der Waals surface area contributed by atoms with Gasteiger partial charge in [-0.3, -0.25) is 9.59 Å². The van der Waals surface area contributed by atoms with E-state index in [1.54, 1.807) is 28.9 Å². The first-order valence-electron chi connectivity index (χ1n) is 9.21. The number of hydrogen-bond donors (Lipinski definition) is 2. The van der Waals surface area contributed by atoms with Gasteiger partial charge in [0, 0.05) is 28.3 Å². The molecule has 8 nitrogen and oxygen atoms in total. The van der Waals surface area contributed by atoms with E-state index in [1.807, 2.05) is 33.8 Å². The molecule has 2 heterocycles. The van der Waals surface area contributed by atoms with Gasteiger partial charge in [0.25, 0.3) is 5.95 Å². The molecule has 0 saturated carbocycles. The Labute approximate surface area is 168 Å². The van der Waals surface area contributed by atoms with Crippen LogP contribution in [0, 0.1) is 27.7 Å². The number of rotatable bonds is 6. The van der Waals surface area contributed by atoms with Crippen LogP contribution in [0.15, 0.2) is 30.3 Å². The number of aryl methyl sites for hydroxylation is 3. The van der Waals surface area contributed by atoms with Crippen LogP contribution in [0.3, 0.4) is 0 Å². The van der Waals surface area contributed by atoms with Crippen molar-refractivity contribution in [3.05, 3.63) is 64.2 Å². The molecule has 1 aromatic carbocycles. The van der Waals surface area contributed by atoms with Gasteiger partial charge in [0.15, 0.2) is 0 Å². The minimum Gasteiger partial charge on any atom is -0.481 e. The summed E-state index contributed by atoms with van der Waals surface area (Å²) >= 11 is 0. The van der Waals surface area contributed by atoms with E-state index in [0.717, 1.165) is 28.3 Å². The van der Waals surface area contributed by atoms with E-state index in [9.17, 15) is 9.59 Å². The molecule has 2 aromatic heterocycles. The van der Waals surface area contributed by atoms with Crippen molar-refractivity contribution in [2.75, 3.05) is 5.32 Å². The van der Waals surface area contributed by atoms with Crippen LogP contribution >= 0.6 is 0 Å². The second-order valence-corrected chi connectivity index (χ2v) is 7.01. The van der Waals surface area contributed by atoms with Crippen LogP contribution in [0.4, 0.5) is 5.69 Å². The highest BCUT2D eigenvalue weighted by molar-refractivity contribution is 5.92.